The van der Waals surface area contributed by atoms with Crippen LogP contribution in [0.5, 0.6) is 0 Å². The minimum Gasteiger partial charge on any atom is -0.350 e. The van der Waals surface area contributed by atoms with Crippen LogP contribution in [0.4, 0.5) is 0 Å². The number of carbonyl (C=O) groups excluding carboxylic acids is 1. The lowest BCUT2D eigenvalue weighted by Crippen LogP contribution is -2.36. The van der Waals surface area contributed by atoms with Crippen LogP contribution < -0.4 is 11.1 Å². The Hall–Kier alpha value is -1.66. The molecule has 0 aliphatic heterocycles. The molecule has 0 aromatic carbocycles. The number of aromatic nitrogens is 2. The summed E-state index contributed by atoms with van der Waals surface area (Å²) in [6, 6.07) is 2.02. The molecule has 0 spiro atoms. The maximum atomic E-state index is 12.8. The first-order valence-corrected chi connectivity index (χ1v) is 11.6. The van der Waals surface area contributed by atoms with Gasteiger partial charge in [0.15, 0.2) is 0 Å². The van der Waals surface area contributed by atoms with Gasteiger partial charge in [-0.1, -0.05) is 0 Å². The maximum Gasteiger partial charge on any atom is 0.269 e. The monoisotopic (exact) mass is 416 g/mol. The molecule has 0 radical (unpaired) electrons. The molecule has 1 fully saturated rings. The summed E-state index contributed by atoms with van der Waals surface area (Å²) < 4.78 is 1.83. The quantitative estimate of drug-likeness (QED) is 0.731. The summed E-state index contributed by atoms with van der Waals surface area (Å²) in [5, 5.41) is 9.88. The predicted molar refractivity (Wildman–Crippen MR) is 120 cm³/mol. The van der Waals surface area contributed by atoms with Crippen LogP contribution >= 0.6 is 11.3 Å². The molecule has 0 saturated heterocycles. The van der Waals surface area contributed by atoms with Gasteiger partial charge in [0.25, 0.3) is 5.91 Å². The highest BCUT2D eigenvalue weighted by molar-refractivity contribution is 7.10. The predicted octanol–water partition coefficient (Wildman–Crippen LogP) is 4.86. The molecule has 1 aliphatic carbocycles. The van der Waals surface area contributed by atoms with Gasteiger partial charge in [-0.15, -0.1) is 11.3 Å². The van der Waals surface area contributed by atoms with Gasteiger partial charge in [-0.3, -0.25) is 9.48 Å². The van der Waals surface area contributed by atoms with Crippen LogP contribution in [0.25, 0.3) is 0 Å². The van der Waals surface area contributed by atoms with Gasteiger partial charge in [0.05, 0.1) is 11.2 Å². The van der Waals surface area contributed by atoms with Gasteiger partial charge in [-0.2, -0.15) is 5.10 Å². The topological polar surface area (TPSA) is 72.9 Å². The van der Waals surface area contributed by atoms with Crippen molar-refractivity contribution in [2.45, 2.75) is 78.8 Å². The molecule has 1 amide bonds. The normalized spacial score (nSPS) is 21.2. The number of nitrogens with two attached hydrogens (primary N) is 1. The van der Waals surface area contributed by atoms with Crippen molar-refractivity contribution in [2.24, 2.45) is 17.6 Å². The molecule has 3 rings (SSSR count). The van der Waals surface area contributed by atoms with Crippen LogP contribution in [-0.2, 0) is 5.54 Å². The lowest BCUT2D eigenvalue weighted by atomic mass is 9.78. The molecule has 29 heavy (non-hydrogen) atoms. The zero-order valence-corrected chi connectivity index (χ0v) is 19.5. The van der Waals surface area contributed by atoms with E-state index in [1.165, 1.54) is 16.0 Å². The largest absolute Gasteiger partial charge is 0.350 e. The van der Waals surface area contributed by atoms with Crippen molar-refractivity contribution in [1.29, 1.82) is 0 Å². The molecule has 0 bridgehead atoms. The standard InChI is InChI=1S/C23H36N4OS/c1-14-13-29-21(16(14)3)20(24)18-9-7-17(8-10-18)12-25-22(28)19-11-15(2)26-27(19)23(4,5)6/h11,13,17-18,20H,7-10,12,24H2,1-6H3,(H,25,28). The fourth-order valence-electron chi connectivity index (χ4n) is 4.32. The zero-order chi connectivity index (χ0) is 21.3. The van der Waals surface area contributed by atoms with Gasteiger partial charge in [-0.05, 0) is 102 Å². The number of thiophene rings is 1. The average molecular weight is 417 g/mol. The number of aryl methyl sites for hydroxylation is 2. The van der Waals surface area contributed by atoms with E-state index < -0.39 is 0 Å². The molecule has 5 nitrogen and oxygen atoms in total. The summed E-state index contributed by atoms with van der Waals surface area (Å²) in [7, 11) is 0. The van der Waals surface area contributed by atoms with Gasteiger partial charge < -0.3 is 11.1 Å². The number of amides is 1. The third-order valence-corrected chi connectivity index (χ3v) is 7.58. The molecule has 1 aliphatic rings. The van der Waals surface area contributed by atoms with Gasteiger partial charge >= 0.3 is 0 Å². The van der Waals surface area contributed by atoms with Crippen molar-refractivity contribution >= 4 is 17.2 Å². The van der Waals surface area contributed by atoms with Crippen molar-refractivity contribution in [2.75, 3.05) is 6.54 Å². The number of nitrogens with one attached hydrogen (secondary N) is 1. The zero-order valence-electron chi connectivity index (χ0n) is 18.7. The van der Waals surface area contributed by atoms with Crippen LogP contribution in [-0.4, -0.2) is 22.2 Å². The molecular formula is C23H36N4OS. The fraction of sp³-hybridized carbons (Fsp3) is 0.652. The third kappa shape index (κ3) is 4.92. The summed E-state index contributed by atoms with van der Waals surface area (Å²) in [5.41, 5.74) is 10.6. The van der Waals surface area contributed by atoms with Crippen LogP contribution in [0.15, 0.2) is 11.4 Å². The van der Waals surface area contributed by atoms with Gasteiger partial charge in [0.1, 0.15) is 5.69 Å². The summed E-state index contributed by atoms with van der Waals surface area (Å²) in [5.74, 6) is 1.05. The first-order valence-electron chi connectivity index (χ1n) is 10.7. The Bertz CT molecular complexity index is 853. The maximum absolute atomic E-state index is 12.8. The molecule has 6 heteroatoms. The van der Waals surface area contributed by atoms with E-state index in [4.69, 9.17) is 5.73 Å². The molecule has 2 aromatic heterocycles. The molecule has 3 N–H and O–H groups in total. The number of carbonyl (C=O) groups is 1. The highest BCUT2D eigenvalue weighted by atomic mass is 32.1. The number of hydrogen-bond acceptors (Lipinski definition) is 4. The Morgan fingerprint density at radius 2 is 1.93 bits per heavy atom. The summed E-state index contributed by atoms with van der Waals surface area (Å²) in [6.45, 7) is 13.2. The number of rotatable bonds is 5. The van der Waals surface area contributed by atoms with Crippen LogP contribution in [0.3, 0.4) is 0 Å². The first kappa shape index (κ1) is 22.0. The molecule has 1 saturated carbocycles. The minimum absolute atomic E-state index is 0.0240. The summed E-state index contributed by atoms with van der Waals surface area (Å²) in [6.07, 6.45) is 4.52. The van der Waals surface area contributed by atoms with E-state index in [0.29, 0.717) is 17.5 Å². The van der Waals surface area contributed by atoms with E-state index in [2.05, 4.69) is 50.4 Å². The summed E-state index contributed by atoms with van der Waals surface area (Å²) in [4.78, 5) is 14.1. The first-order chi connectivity index (χ1) is 13.6. The fourth-order valence-corrected chi connectivity index (χ4v) is 5.49. The van der Waals surface area contributed by atoms with Crippen LogP contribution in [0.1, 0.15) is 84.7 Å². The highest BCUT2D eigenvalue weighted by Gasteiger charge is 2.29. The lowest BCUT2D eigenvalue weighted by Gasteiger charge is -2.32. The average Bonchev–Trinajstić information content (AvgIpc) is 3.22. The highest BCUT2D eigenvalue weighted by Crippen LogP contribution is 2.39. The van der Waals surface area contributed by atoms with Crippen LogP contribution in [0.2, 0.25) is 0 Å². The molecule has 1 unspecified atom stereocenters. The van der Waals surface area contributed by atoms with Gasteiger partial charge in [-0.25, -0.2) is 0 Å². The van der Waals surface area contributed by atoms with Crippen LogP contribution in [0, 0.1) is 32.6 Å². The van der Waals surface area contributed by atoms with Crippen molar-refractivity contribution in [3.63, 3.8) is 0 Å². The minimum atomic E-state index is -0.215. The van der Waals surface area contributed by atoms with E-state index in [1.54, 1.807) is 11.3 Å². The second-order valence-electron chi connectivity index (χ2n) is 9.68. The SMILES string of the molecule is Cc1cc(C(=O)NCC2CCC(C(N)c3scc(C)c3C)CC2)n(C(C)(C)C)n1. The molecule has 160 valence electrons. The van der Waals surface area contributed by atoms with Crippen molar-refractivity contribution in [3.8, 4) is 0 Å². The van der Waals surface area contributed by atoms with Crippen molar-refractivity contribution < 1.29 is 4.79 Å². The smallest absolute Gasteiger partial charge is 0.269 e. The Morgan fingerprint density at radius 1 is 1.28 bits per heavy atom. The van der Waals surface area contributed by atoms with Gasteiger partial charge in [0.2, 0.25) is 0 Å². The molecule has 1 atom stereocenters. The second-order valence-corrected chi connectivity index (χ2v) is 10.6. The Kier molecular flexibility index (Phi) is 6.54. The van der Waals surface area contributed by atoms with E-state index >= 15 is 0 Å². The van der Waals surface area contributed by atoms with E-state index in [0.717, 1.165) is 37.9 Å². The van der Waals surface area contributed by atoms with Crippen molar-refractivity contribution in [3.05, 3.63) is 38.8 Å². The molecule has 2 aromatic rings. The second kappa shape index (κ2) is 8.60. The lowest BCUT2D eigenvalue weighted by molar-refractivity contribution is 0.0922. The summed E-state index contributed by atoms with van der Waals surface area (Å²) >= 11 is 1.81. The number of nitrogens with zero attached hydrogens (tertiary/aromatic N) is 2. The molecular weight excluding hydrogens is 380 g/mol. The molecule has 2 heterocycles. The number of hydrogen-bond donors (Lipinski definition) is 2. The third-order valence-electron chi connectivity index (χ3n) is 6.28. The Balaban J connectivity index is 1.53. The van der Waals surface area contributed by atoms with E-state index in [1.807, 2.05) is 17.7 Å². The van der Waals surface area contributed by atoms with Gasteiger partial charge in [0, 0.05) is 17.5 Å². The van der Waals surface area contributed by atoms with E-state index in [9.17, 15) is 4.79 Å². The Morgan fingerprint density at radius 3 is 2.48 bits per heavy atom. The Labute approximate surface area is 179 Å². The van der Waals surface area contributed by atoms with E-state index in [-0.39, 0.29) is 17.5 Å². The van der Waals surface area contributed by atoms with Crippen molar-refractivity contribution in [1.82, 2.24) is 15.1 Å².